The van der Waals surface area contributed by atoms with Crippen LogP contribution >= 0.6 is 0 Å². The Balaban J connectivity index is 2.40. The summed E-state index contributed by atoms with van der Waals surface area (Å²) in [6.45, 7) is 1.01. The number of carboxylic acids is 1. The number of carboxylic acid groups (broad SMARTS) is 1. The molecule has 0 heterocycles. The number of hydrogen-bond acceptors (Lipinski definition) is 6. The summed E-state index contributed by atoms with van der Waals surface area (Å²) in [4.78, 5) is 35.7. The number of carbonyl (C=O) groups excluding carboxylic acids is 1. The number of rotatable bonds is 8. The zero-order valence-electron chi connectivity index (χ0n) is 15.7. The van der Waals surface area contributed by atoms with Crippen molar-refractivity contribution in [1.82, 2.24) is 4.90 Å². The first-order chi connectivity index (χ1) is 13.2. The van der Waals surface area contributed by atoms with E-state index in [1.165, 1.54) is 26.4 Å². The molecule has 148 valence electrons. The van der Waals surface area contributed by atoms with E-state index in [1.54, 1.807) is 25.1 Å². The van der Waals surface area contributed by atoms with Gasteiger partial charge in [0.25, 0.3) is 11.6 Å². The van der Waals surface area contributed by atoms with Gasteiger partial charge in [-0.1, -0.05) is 0 Å². The molecule has 0 saturated heterocycles. The number of non-ortho nitro benzene ring substituents is 1. The number of benzene rings is 2. The van der Waals surface area contributed by atoms with Crippen molar-refractivity contribution in [3.05, 3.63) is 63.2 Å². The SMILES string of the molecule is COc1cc(CN(CC(=O)O)C(=O)c2cc(C)cc([N+](=O)[O-])c2)cc(OC)c1. The summed E-state index contributed by atoms with van der Waals surface area (Å²) in [5.41, 5.74) is 0.924. The fourth-order valence-corrected chi connectivity index (χ4v) is 2.72. The van der Waals surface area contributed by atoms with Gasteiger partial charge in [-0.15, -0.1) is 0 Å². The molecule has 0 aliphatic carbocycles. The van der Waals surface area contributed by atoms with E-state index >= 15 is 0 Å². The molecule has 9 heteroatoms. The maximum atomic E-state index is 12.9. The van der Waals surface area contributed by atoms with Crippen LogP contribution in [0.4, 0.5) is 5.69 Å². The Morgan fingerprint density at radius 2 is 1.68 bits per heavy atom. The summed E-state index contributed by atoms with van der Waals surface area (Å²) in [6, 6.07) is 8.92. The first-order valence-electron chi connectivity index (χ1n) is 8.22. The quantitative estimate of drug-likeness (QED) is 0.545. The predicted octanol–water partition coefficient (Wildman–Crippen LogP) is 2.65. The average Bonchev–Trinajstić information content (AvgIpc) is 2.65. The Kier molecular flexibility index (Phi) is 6.54. The smallest absolute Gasteiger partial charge is 0.323 e. The minimum Gasteiger partial charge on any atom is -0.497 e. The van der Waals surface area contributed by atoms with Gasteiger partial charge in [0.05, 0.1) is 19.1 Å². The van der Waals surface area contributed by atoms with E-state index in [4.69, 9.17) is 9.47 Å². The van der Waals surface area contributed by atoms with Crippen molar-refractivity contribution in [1.29, 1.82) is 0 Å². The molecule has 1 amide bonds. The van der Waals surface area contributed by atoms with Crippen LogP contribution in [-0.2, 0) is 11.3 Å². The average molecular weight is 388 g/mol. The summed E-state index contributed by atoms with van der Waals surface area (Å²) in [5, 5.41) is 20.3. The zero-order valence-corrected chi connectivity index (χ0v) is 15.7. The van der Waals surface area contributed by atoms with Gasteiger partial charge in [-0.05, 0) is 36.2 Å². The first-order valence-corrected chi connectivity index (χ1v) is 8.22. The van der Waals surface area contributed by atoms with Crippen LogP contribution in [0.1, 0.15) is 21.5 Å². The monoisotopic (exact) mass is 388 g/mol. The highest BCUT2D eigenvalue weighted by Crippen LogP contribution is 2.24. The van der Waals surface area contributed by atoms with Gasteiger partial charge >= 0.3 is 5.97 Å². The van der Waals surface area contributed by atoms with Gasteiger partial charge in [-0.25, -0.2) is 0 Å². The van der Waals surface area contributed by atoms with Crippen LogP contribution in [0.25, 0.3) is 0 Å². The van der Waals surface area contributed by atoms with Gasteiger partial charge in [0, 0.05) is 30.3 Å². The minimum atomic E-state index is -1.20. The third kappa shape index (κ3) is 5.19. The van der Waals surface area contributed by atoms with Crippen LogP contribution in [-0.4, -0.2) is 47.6 Å². The third-order valence-corrected chi connectivity index (χ3v) is 3.92. The van der Waals surface area contributed by atoms with Gasteiger partial charge in [0.2, 0.25) is 0 Å². The van der Waals surface area contributed by atoms with Crippen LogP contribution < -0.4 is 9.47 Å². The molecule has 0 atom stereocenters. The molecule has 0 unspecified atom stereocenters. The lowest BCUT2D eigenvalue weighted by atomic mass is 10.1. The van der Waals surface area contributed by atoms with Gasteiger partial charge in [0.15, 0.2) is 0 Å². The van der Waals surface area contributed by atoms with E-state index < -0.39 is 23.3 Å². The number of nitro groups is 1. The number of carbonyl (C=O) groups is 2. The predicted molar refractivity (Wildman–Crippen MR) is 99.8 cm³/mol. The summed E-state index contributed by atoms with van der Waals surface area (Å²) in [7, 11) is 2.95. The molecule has 0 radical (unpaired) electrons. The molecular weight excluding hydrogens is 368 g/mol. The Bertz CT molecular complexity index is 889. The number of nitrogens with zero attached hydrogens (tertiary/aromatic N) is 2. The summed E-state index contributed by atoms with van der Waals surface area (Å²) < 4.78 is 10.4. The lowest BCUT2D eigenvalue weighted by Crippen LogP contribution is -2.35. The summed E-state index contributed by atoms with van der Waals surface area (Å²) in [6.07, 6.45) is 0. The molecule has 0 bridgehead atoms. The number of nitro benzene ring substituents is 1. The molecule has 0 spiro atoms. The molecule has 0 fully saturated rings. The van der Waals surface area contributed by atoms with Crippen molar-refractivity contribution in [2.24, 2.45) is 0 Å². The largest absolute Gasteiger partial charge is 0.497 e. The molecule has 0 aromatic heterocycles. The van der Waals surface area contributed by atoms with Gasteiger partial charge in [-0.2, -0.15) is 0 Å². The first kappa shape index (κ1) is 20.7. The molecule has 9 nitrogen and oxygen atoms in total. The van der Waals surface area contributed by atoms with Crippen molar-refractivity contribution < 1.29 is 29.1 Å². The van der Waals surface area contributed by atoms with Gasteiger partial charge in [0.1, 0.15) is 18.0 Å². The van der Waals surface area contributed by atoms with Crippen molar-refractivity contribution in [2.75, 3.05) is 20.8 Å². The number of amides is 1. The maximum absolute atomic E-state index is 12.9. The summed E-state index contributed by atoms with van der Waals surface area (Å²) in [5.74, 6) is -0.854. The normalized spacial score (nSPS) is 10.2. The van der Waals surface area contributed by atoms with Crippen molar-refractivity contribution in [3.63, 3.8) is 0 Å². The third-order valence-electron chi connectivity index (χ3n) is 3.92. The molecule has 2 aromatic rings. The number of aryl methyl sites for hydroxylation is 1. The Morgan fingerprint density at radius 3 is 2.18 bits per heavy atom. The zero-order chi connectivity index (χ0) is 20.8. The van der Waals surface area contributed by atoms with Crippen LogP contribution in [0.15, 0.2) is 36.4 Å². The number of hydrogen-bond donors (Lipinski definition) is 1. The second kappa shape index (κ2) is 8.85. The second-order valence-electron chi connectivity index (χ2n) is 6.09. The van der Waals surface area contributed by atoms with E-state index in [2.05, 4.69) is 0 Å². The standard InChI is InChI=1S/C19H20N2O7/c1-12-4-14(8-15(5-12)21(25)26)19(24)20(11-18(22)23)10-13-6-16(27-2)9-17(7-13)28-3/h4-9H,10-11H2,1-3H3,(H,22,23). The van der Waals surface area contributed by atoms with Crippen molar-refractivity contribution in [3.8, 4) is 11.5 Å². The lowest BCUT2D eigenvalue weighted by Gasteiger charge is -2.22. The molecule has 28 heavy (non-hydrogen) atoms. The van der Waals surface area contributed by atoms with E-state index in [0.29, 0.717) is 22.6 Å². The fraction of sp³-hybridized carbons (Fsp3) is 0.263. The van der Waals surface area contributed by atoms with E-state index in [0.717, 1.165) is 11.0 Å². The fourth-order valence-electron chi connectivity index (χ4n) is 2.72. The maximum Gasteiger partial charge on any atom is 0.323 e. The van der Waals surface area contributed by atoms with E-state index in [-0.39, 0.29) is 17.8 Å². The van der Waals surface area contributed by atoms with Gasteiger partial charge < -0.3 is 19.5 Å². The lowest BCUT2D eigenvalue weighted by molar-refractivity contribution is -0.384. The number of methoxy groups -OCH3 is 2. The molecule has 2 rings (SSSR count). The highest BCUT2D eigenvalue weighted by molar-refractivity contribution is 5.96. The van der Waals surface area contributed by atoms with Crippen LogP contribution in [0, 0.1) is 17.0 Å². The van der Waals surface area contributed by atoms with E-state index in [9.17, 15) is 24.8 Å². The van der Waals surface area contributed by atoms with Crippen molar-refractivity contribution >= 4 is 17.6 Å². The van der Waals surface area contributed by atoms with Crippen LogP contribution in [0.2, 0.25) is 0 Å². The van der Waals surface area contributed by atoms with Crippen LogP contribution in [0.5, 0.6) is 11.5 Å². The Hall–Kier alpha value is -3.62. The second-order valence-corrected chi connectivity index (χ2v) is 6.09. The molecule has 0 saturated carbocycles. The highest BCUT2D eigenvalue weighted by atomic mass is 16.6. The molecular formula is C19H20N2O7. The Morgan fingerprint density at radius 1 is 1.07 bits per heavy atom. The van der Waals surface area contributed by atoms with Crippen molar-refractivity contribution in [2.45, 2.75) is 13.5 Å². The molecule has 0 aliphatic heterocycles. The number of ether oxygens (including phenoxy) is 2. The molecule has 1 N–H and O–H groups in total. The molecule has 2 aromatic carbocycles. The highest BCUT2D eigenvalue weighted by Gasteiger charge is 2.22. The molecule has 0 aliphatic rings. The van der Waals surface area contributed by atoms with Crippen LogP contribution in [0.3, 0.4) is 0 Å². The Labute approximate surface area is 161 Å². The minimum absolute atomic E-state index is 0.0412. The number of aliphatic carboxylic acids is 1. The summed E-state index contributed by atoms with van der Waals surface area (Å²) >= 11 is 0. The van der Waals surface area contributed by atoms with E-state index in [1.807, 2.05) is 0 Å². The van der Waals surface area contributed by atoms with Gasteiger partial charge in [-0.3, -0.25) is 19.7 Å². The topological polar surface area (TPSA) is 119 Å².